The monoisotopic (exact) mass is 550 g/mol. The highest BCUT2D eigenvalue weighted by Crippen LogP contribution is 2.25. The molecule has 0 saturated carbocycles. The molecule has 0 aliphatic rings. The maximum Gasteiger partial charge on any atom is 0.282 e. The Morgan fingerprint density at radius 3 is 2.72 bits per heavy atom. The lowest BCUT2D eigenvalue weighted by Gasteiger charge is -2.16. The summed E-state index contributed by atoms with van der Waals surface area (Å²) < 4.78 is 21.9. The van der Waals surface area contributed by atoms with Crippen LogP contribution in [0.3, 0.4) is 0 Å². The highest BCUT2D eigenvalue weighted by molar-refractivity contribution is 9.10. The van der Waals surface area contributed by atoms with Gasteiger partial charge in [0.1, 0.15) is 24.0 Å². The van der Waals surface area contributed by atoms with Gasteiger partial charge >= 0.3 is 0 Å². The minimum absolute atomic E-state index is 0.197. The summed E-state index contributed by atoms with van der Waals surface area (Å²) >= 11 is 3.44. The number of hydrogen-bond donors (Lipinski definition) is 0. The zero-order chi connectivity index (χ0) is 25.7. The van der Waals surface area contributed by atoms with Gasteiger partial charge in [0, 0.05) is 42.3 Å². The Hall–Kier alpha value is -3.52. The molecule has 36 heavy (non-hydrogen) atoms. The van der Waals surface area contributed by atoms with Crippen molar-refractivity contribution in [3.05, 3.63) is 98.3 Å². The van der Waals surface area contributed by atoms with Crippen LogP contribution in [-0.2, 0) is 13.0 Å². The predicted molar refractivity (Wildman–Crippen MR) is 147 cm³/mol. The van der Waals surface area contributed by atoms with Crippen molar-refractivity contribution in [1.82, 2.24) is 9.66 Å². The van der Waals surface area contributed by atoms with Gasteiger partial charge in [-0.05, 0) is 54.4 Å². The average Bonchev–Trinajstić information content (AvgIpc) is 2.86. The van der Waals surface area contributed by atoms with Gasteiger partial charge in [0.25, 0.3) is 5.56 Å². The van der Waals surface area contributed by atoms with Crippen molar-refractivity contribution in [2.45, 2.75) is 32.8 Å². The Kier molecular flexibility index (Phi) is 8.15. The first-order chi connectivity index (χ1) is 17.4. The van der Waals surface area contributed by atoms with Crippen LogP contribution in [0.2, 0.25) is 0 Å². The molecule has 6 nitrogen and oxygen atoms in total. The fourth-order valence-corrected chi connectivity index (χ4v) is 4.11. The smallest absolute Gasteiger partial charge is 0.282 e. The molecule has 0 atom stereocenters. The minimum Gasteiger partial charge on any atom is -0.488 e. The van der Waals surface area contributed by atoms with E-state index in [9.17, 15) is 9.18 Å². The van der Waals surface area contributed by atoms with Gasteiger partial charge in [-0.1, -0.05) is 41.4 Å². The second-order valence-corrected chi connectivity index (χ2v) is 9.61. The van der Waals surface area contributed by atoms with E-state index in [4.69, 9.17) is 9.72 Å². The van der Waals surface area contributed by atoms with E-state index in [0.717, 1.165) is 28.6 Å². The van der Waals surface area contributed by atoms with E-state index in [2.05, 4.69) is 28.0 Å². The van der Waals surface area contributed by atoms with E-state index in [0.29, 0.717) is 34.5 Å². The molecule has 1 aromatic heterocycles. The maximum absolute atomic E-state index is 13.6. The molecule has 0 saturated heterocycles. The van der Waals surface area contributed by atoms with Crippen molar-refractivity contribution in [1.29, 1.82) is 0 Å². The molecule has 0 aliphatic carbocycles. The van der Waals surface area contributed by atoms with Gasteiger partial charge in [0.05, 0.1) is 17.1 Å². The first kappa shape index (κ1) is 25.6. The molecule has 0 aliphatic heterocycles. The van der Waals surface area contributed by atoms with Gasteiger partial charge in [-0.25, -0.2) is 9.37 Å². The van der Waals surface area contributed by atoms with E-state index in [1.54, 1.807) is 18.3 Å². The van der Waals surface area contributed by atoms with Crippen LogP contribution >= 0.6 is 15.9 Å². The number of benzene rings is 3. The lowest BCUT2D eigenvalue weighted by molar-refractivity contribution is 0.305. The summed E-state index contributed by atoms with van der Waals surface area (Å²) in [5.41, 5.74) is 2.78. The number of halogens is 2. The van der Waals surface area contributed by atoms with Crippen LogP contribution in [0.25, 0.3) is 10.9 Å². The van der Waals surface area contributed by atoms with Crippen molar-refractivity contribution in [2.24, 2.45) is 5.10 Å². The quantitative estimate of drug-likeness (QED) is 0.234. The number of aromatic nitrogens is 2. The summed E-state index contributed by atoms with van der Waals surface area (Å²) in [6.45, 7) is 2.29. The maximum atomic E-state index is 13.6. The second kappa shape index (κ2) is 11.5. The number of hydrogen-bond acceptors (Lipinski definition) is 5. The first-order valence-electron chi connectivity index (χ1n) is 11.8. The van der Waals surface area contributed by atoms with E-state index in [1.807, 2.05) is 55.4 Å². The molecule has 0 amide bonds. The van der Waals surface area contributed by atoms with Crippen molar-refractivity contribution < 1.29 is 9.13 Å². The van der Waals surface area contributed by atoms with Gasteiger partial charge in [-0.2, -0.15) is 9.78 Å². The third-order valence-corrected chi connectivity index (χ3v) is 6.23. The summed E-state index contributed by atoms with van der Waals surface area (Å²) in [4.78, 5) is 20.1. The van der Waals surface area contributed by atoms with E-state index < -0.39 is 0 Å². The fourth-order valence-electron chi connectivity index (χ4n) is 3.75. The Balaban J connectivity index is 1.74. The molecule has 4 rings (SSSR count). The van der Waals surface area contributed by atoms with Gasteiger partial charge in [0.2, 0.25) is 0 Å². The number of rotatable bonds is 9. The highest BCUT2D eigenvalue weighted by Gasteiger charge is 2.12. The number of ether oxygens (including phenoxy) is 1. The molecule has 3 aromatic carbocycles. The molecular formula is C28H28BrFN4O2. The molecule has 0 fully saturated rings. The molecule has 8 heteroatoms. The number of nitrogens with zero attached hydrogens (tertiary/aromatic N) is 4. The van der Waals surface area contributed by atoms with Crippen molar-refractivity contribution in [2.75, 3.05) is 19.0 Å². The molecule has 0 radical (unpaired) electrons. The van der Waals surface area contributed by atoms with Crippen LogP contribution in [0.1, 0.15) is 36.7 Å². The Bertz CT molecular complexity index is 1470. The summed E-state index contributed by atoms with van der Waals surface area (Å²) in [5.74, 6) is 0.878. The molecule has 186 valence electrons. The molecule has 0 N–H and O–H groups in total. The third kappa shape index (κ3) is 5.99. The largest absolute Gasteiger partial charge is 0.488 e. The third-order valence-electron chi connectivity index (χ3n) is 5.74. The molecule has 0 bridgehead atoms. The van der Waals surface area contributed by atoms with E-state index in [1.165, 1.54) is 16.8 Å². The summed E-state index contributed by atoms with van der Waals surface area (Å²) in [6.07, 6.45) is 4.12. The normalized spacial score (nSPS) is 11.4. The Morgan fingerprint density at radius 1 is 1.14 bits per heavy atom. The lowest BCUT2D eigenvalue weighted by atomic mass is 10.2. The summed E-state index contributed by atoms with van der Waals surface area (Å²) in [6, 6.07) is 17.5. The Labute approximate surface area is 218 Å². The summed E-state index contributed by atoms with van der Waals surface area (Å²) in [7, 11) is 3.88. The molecule has 0 spiro atoms. The lowest BCUT2D eigenvalue weighted by Crippen LogP contribution is -2.22. The zero-order valence-corrected chi connectivity index (χ0v) is 22.1. The predicted octanol–water partition coefficient (Wildman–Crippen LogP) is 6.17. The molecule has 1 heterocycles. The standard InChI is InChI=1S/C28H28BrFN4O2/c1-4-5-9-27-32-25-13-11-21(29)15-24(25)28(35)34(27)31-17-20-10-12-23(33(2)3)16-26(20)36-18-19-7-6-8-22(30)14-19/h6-8,10-17H,4-5,9,18H2,1-3H3. The number of aryl methyl sites for hydroxylation is 1. The second-order valence-electron chi connectivity index (χ2n) is 8.69. The van der Waals surface area contributed by atoms with Crippen LogP contribution in [0, 0.1) is 5.82 Å². The average molecular weight is 551 g/mol. The summed E-state index contributed by atoms with van der Waals surface area (Å²) in [5, 5.41) is 5.05. The van der Waals surface area contributed by atoms with Crippen LogP contribution in [0.4, 0.5) is 10.1 Å². The van der Waals surface area contributed by atoms with Crippen LogP contribution < -0.4 is 15.2 Å². The van der Waals surface area contributed by atoms with Crippen LogP contribution in [-0.4, -0.2) is 30.0 Å². The van der Waals surface area contributed by atoms with Gasteiger partial charge in [0.15, 0.2) is 0 Å². The van der Waals surface area contributed by atoms with Crippen molar-refractivity contribution in [3.63, 3.8) is 0 Å². The van der Waals surface area contributed by atoms with Gasteiger partial charge in [-0.3, -0.25) is 4.79 Å². The van der Waals surface area contributed by atoms with Gasteiger partial charge < -0.3 is 9.64 Å². The van der Waals surface area contributed by atoms with E-state index >= 15 is 0 Å². The van der Waals surface area contributed by atoms with Gasteiger partial charge in [-0.15, -0.1) is 0 Å². The van der Waals surface area contributed by atoms with Crippen molar-refractivity contribution in [3.8, 4) is 5.75 Å². The number of fused-ring (bicyclic) bond motifs is 1. The van der Waals surface area contributed by atoms with Crippen LogP contribution in [0.15, 0.2) is 75.0 Å². The zero-order valence-electron chi connectivity index (χ0n) is 20.5. The fraction of sp³-hybridized carbons (Fsp3) is 0.250. The van der Waals surface area contributed by atoms with Crippen molar-refractivity contribution >= 4 is 38.7 Å². The highest BCUT2D eigenvalue weighted by atomic mass is 79.9. The number of unbranched alkanes of at least 4 members (excludes halogenated alkanes) is 1. The minimum atomic E-state index is -0.311. The molecular weight excluding hydrogens is 523 g/mol. The Morgan fingerprint density at radius 2 is 1.97 bits per heavy atom. The van der Waals surface area contributed by atoms with E-state index in [-0.39, 0.29) is 18.0 Å². The van der Waals surface area contributed by atoms with Crippen LogP contribution in [0.5, 0.6) is 5.75 Å². The first-order valence-corrected chi connectivity index (χ1v) is 12.6. The SMILES string of the molecule is CCCCc1nc2ccc(Br)cc2c(=O)n1N=Cc1ccc(N(C)C)cc1OCc1cccc(F)c1. The topological polar surface area (TPSA) is 59.7 Å². The molecule has 4 aromatic rings. The number of anilines is 1. The molecule has 0 unspecified atom stereocenters.